The standard InChI is InChI=1S/C14H14ClFN4O3/c1-7(14(22)23)8(2)17-13(21)10-6-20(19-18-10)11-5-3-4-9(15)12(11)16/h3-8H,1-2H3,(H,17,21)(H,22,23). The van der Waals surface area contributed by atoms with Crippen LogP contribution in [0.15, 0.2) is 24.4 Å². The second kappa shape index (κ2) is 6.74. The summed E-state index contributed by atoms with van der Waals surface area (Å²) in [6.45, 7) is 3.04. The Morgan fingerprint density at radius 1 is 1.39 bits per heavy atom. The van der Waals surface area contributed by atoms with E-state index in [0.717, 1.165) is 4.68 Å². The molecule has 0 aliphatic carbocycles. The van der Waals surface area contributed by atoms with Gasteiger partial charge in [-0.15, -0.1) is 5.10 Å². The van der Waals surface area contributed by atoms with Crippen LogP contribution in [0.25, 0.3) is 5.69 Å². The first kappa shape index (κ1) is 16.9. The number of benzene rings is 1. The molecule has 2 atom stereocenters. The zero-order chi connectivity index (χ0) is 17.1. The van der Waals surface area contributed by atoms with Crippen molar-refractivity contribution in [3.05, 3.63) is 40.9 Å². The normalized spacial score (nSPS) is 13.4. The van der Waals surface area contributed by atoms with E-state index in [9.17, 15) is 14.0 Å². The first-order chi connectivity index (χ1) is 10.8. The molecule has 0 aliphatic rings. The molecule has 9 heteroatoms. The topological polar surface area (TPSA) is 97.1 Å². The molecule has 0 saturated heterocycles. The molecule has 0 fully saturated rings. The zero-order valence-corrected chi connectivity index (χ0v) is 13.1. The number of carboxylic acids is 1. The molecule has 122 valence electrons. The van der Waals surface area contributed by atoms with Gasteiger partial charge in [0.1, 0.15) is 5.69 Å². The highest BCUT2D eigenvalue weighted by molar-refractivity contribution is 6.30. The van der Waals surface area contributed by atoms with Crippen LogP contribution in [0, 0.1) is 11.7 Å². The Kier molecular flexibility index (Phi) is 4.95. The van der Waals surface area contributed by atoms with E-state index in [-0.39, 0.29) is 16.4 Å². The Morgan fingerprint density at radius 3 is 2.74 bits per heavy atom. The third-order valence-corrected chi connectivity index (χ3v) is 3.69. The van der Waals surface area contributed by atoms with Gasteiger partial charge < -0.3 is 10.4 Å². The minimum absolute atomic E-state index is 0.0519. The Balaban J connectivity index is 2.17. The highest BCUT2D eigenvalue weighted by atomic mass is 35.5. The number of halogens is 2. The molecule has 7 nitrogen and oxygen atoms in total. The molecule has 1 aromatic carbocycles. The molecular weight excluding hydrogens is 327 g/mol. The number of hydrogen-bond acceptors (Lipinski definition) is 4. The second-order valence-electron chi connectivity index (χ2n) is 5.01. The van der Waals surface area contributed by atoms with Crippen LogP contribution in [0.1, 0.15) is 24.3 Å². The highest BCUT2D eigenvalue weighted by Crippen LogP contribution is 2.20. The van der Waals surface area contributed by atoms with Gasteiger partial charge in [-0.1, -0.05) is 22.9 Å². The molecule has 2 rings (SSSR count). The fourth-order valence-electron chi connectivity index (χ4n) is 1.77. The SMILES string of the molecule is CC(NC(=O)c1cn(-c2cccc(Cl)c2F)nn1)C(C)C(=O)O. The summed E-state index contributed by atoms with van der Waals surface area (Å²) in [7, 11) is 0. The maximum atomic E-state index is 13.9. The minimum atomic E-state index is -1.03. The second-order valence-corrected chi connectivity index (χ2v) is 5.42. The number of rotatable bonds is 5. The molecule has 0 aliphatic heterocycles. The fourth-order valence-corrected chi connectivity index (χ4v) is 1.94. The molecule has 2 N–H and O–H groups in total. The Labute approximate surface area is 136 Å². The maximum Gasteiger partial charge on any atom is 0.308 e. The number of nitrogens with zero attached hydrogens (tertiary/aromatic N) is 3. The predicted octanol–water partition coefficient (Wildman–Crippen LogP) is 1.90. The summed E-state index contributed by atoms with van der Waals surface area (Å²) in [4.78, 5) is 22.9. The van der Waals surface area contributed by atoms with Gasteiger partial charge in [-0.3, -0.25) is 9.59 Å². The number of carbonyl (C=O) groups excluding carboxylic acids is 1. The Bertz CT molecular complexity index is 749. The molecule has 23 heavy (non-hydrogen) atoms. The Morgan fingerprint density at radius 2 is 2.09 bits per heavy atom. The van der Waals surface area contributed by atoms with Gasteiger partial charge in [-0.25, -0.2) is 9.07 Å². The van der Waals surface area contributed by atoms with Crippen LogP contribution in [-0.2, 0) is 4.79 Å². The summed E-state index contributed by atoms with van der Waals surface area (Å²) < 4.78 is 15.0. The molecule has 1 aromatic heterocycles. The third-order valence-electron chi connectivity index (χ3n) is 3.40. The molecule has 0 saturated carbocycles. The molecule has 2 unspecified atom stereocenters. The number of aliphatic carboxylic acids is 1. The number of carboxylic acid groups (broad SMARTS) is 1. The van der Waals surface area contributed by atoms with Crippen molar-refractivity contribution in [1.29, 1.82) is 0 Å². The van der Waals surface area contributed by atoms with E-state index in [2.05, 4.69) is 15.6 Å². The van der Waals surface area contributed by atoms with Crippen molar-refractivity contribution in [3.63, 3.8) is 0 Å². The van der Waals surface area contributed by atoms with Gasteiger partial charge in [0.15, 0.2) is 11.5 Å². The van der Waals surface area contributed by atoms with Crippen LogP contribution >= 0.6 is 11.6 Å². The van der Waals surface area contributed by atoms with Crippen molar-refractivity contribution in [2.75, 3.05) is 0 Å². The molecule has 2 aromatic rings. The van der Waals surface area contributed by atoms with E-state index in [1.165, 1.54) is 25.3 Å². The molecule has 1 amide bonds. The molecular formula is C14H14ClFN4O3. The predicted molar refractivity (Wildman–Crippen MR) is 80.1 cm³/mol. The molecule has 0 bridgehead atoms. The first-order valence-electron chi connectivity index (χ1n) is 6.71. The van der Waals surface area contributed by atoms with Gasteiger partial charge in [0.25, 0.3) is 5.91 Å². The van der Waals surface area contributed by atoms with E-state index in [1.54, 1.807) is 13.0 Å². The quantitative estimate of drug-likeness (QED) is 0.866. The van der Waals surface area contributed by atoms with E-state index in [4.69, 9.17) is 16.7 Å². The van der Waals surface area contributed by atoms with Gasteiger partial charge >= 0.3 is 5.97 Å². The van der Waals surface area contributed by atoms with Crippen molar-refractivity contribution < 1.29 is 19.1 Å². The van der Waals surface area contributed by atoms with E-state index in [0.29, 0.717) is 0 Å². The summed E-state index contributed by atoms with van der Waals surface area (Å²) in [6.07, 6.45) is 1.24. The summed E-state index contributed by atoms with van der Waals surface area (Å²) in [5.74, 6) is -3.07. The minimum Gasteiger partial charge on any atom is -0.481 e. The zero-order valence-electron chi connectivity index (χ0n) is 12.3. The fraction of sp³-hybridized carbons (Fsp3) is 0.286. The number of hydrogen-bond donors (Lipinski definition) is 2. The van der Waals surface area contributed by atoms with Gasteiger partial charge in [-0.2, -0.15) is 0 Å². The average molecular weight is 341 g/mol. The lowest BCUT2D eigenvalue weighted by molar-refractivity contribution is -0.141. The van der Waals surface area contributed by atoms with E-state index >= 15 is 0 Å². The monoisotopic (exact) mass is 340 g/mol. The van der Waals surface area contributed by atoms with Crippen molar-refractivity contribution in [2.45, 2.75) is 19.9 Å². The van der Waals surface area contributed by atoms with Gasteiger partial charge in [-0.05, 0) is 26.0 Å². The lowest BCUT2D eigenvalue weighted by Gasteiger charge is -2.16. The van der Waals surface area contributed by atoms with Crippen LogP contribution < -0.4 is 5.32 Å². The van der Waals surface area contributed by atoms with Crippen molar-refractivity contribution in [1.82, 2.24) is 20.3 Å². The van der Waals surface area contributed by atoms with Crippen LogP contribution in [0.4, 0.5) is 4.39 Å². The number of amides is 1. The number of carbonyl (C=O) groups is 2. The summed E-state index contributed by atoms with van der Waals surface area (Å²) in [5.41, 5.74) is -0.00943. The Hall–Kier alpha value is -2.48. The smallest absolute Gasteiger partial charge is 0.308 e. The van der Waals surface area contributed by atoms with Crippen molar-refractivity contribution in [3.8, 4) is 5.69 Å². The van der Waals surface area contributed by atoms with Crippen molar-refractivity contribution >= 4 is 23.5 Å². The van der Waals surface area contributed by atoms with Crippen LogP contribution in [-0.4, -0.2) is 38.0 Å². The van der Waals surface area contributed by atoms with E-state index < -0.39 is 29.7 Å². The average Bonchev–Trinajstić information content (AvgIpc) is 2.98. The maximum absolute atomic E-state index is 13.9. The number of nitrogens with one attached hydrogen (secondary N) is 1. The van der Waals surface area contributed by atoms with Crippen LogP contribution in [0.2, 0.25) is 5.02 Å². The molecule has 0 radical (unpaired) electrons. The largest absolute Gasteiger partial charge is 0.481 e. The summed E-state index contributed by atoms with van der Waals surface area (Å²) in [5, 5.41) is 18.7. The lowest BCUT2D eigenvalue weighted by atomic mass is 10.0. The number of aromatic nitrogens is 3. The van der Waals surface area contributed by atoms with Crippen LogP contribution in [0.5, 0.6) is 0 Å². The summed E-state index contributed by atoms with van der Waals surface area (Å²) in [6, 6.07) is 3.76. The van der Waals surface area contributed by atoms with Gasteiger partial charge in [0.05, 0.1) is 17.1 Å². The first-order valence-corrected chi connectivity index (χ1v) is 7.09. The molecule has 0 spiro atoms. The van der Waals surface area contributed by atoms with Crippen LogP contribution in [0.3, 0.4) is 0 Å². The van der Waals surface area contributed by atoms with Gasteiger partial charge in [0.2, 0.25) is 0 Å². The van der Waals surface area contributed by atoms with E-state index in [1.807, 2.05) is 0 Å². The van der Waals surface area contributed by atoms with Gasteiger partial charge in [0, 0.05) is 6.04 Å². The lowest BCUT2D eigenvalue weighted by Crippen LogP contribution is -2.40. The third kappa shape index (κ3) is 3.65. The highest BCUT2D eigenvalue weighted by Gasteiger charge is 2.23. The summed E-state index contributed by atoms with van der Waals surface area (Å²) >= 11 is 5.69. The molecule has 1 heterocycles. The van der Waals surface area contributed by atoms with Crippen molar-refractivity contribution in [2.24, 2.45) is 5.92 Å².